The number of nitrogens with zero attached hydrogens (tertiary/aromatic N) is 2. The van der Waals surface area contributed by atoms with Crippen LogP contribution >= 0.6 is 0 Å². The molecule has 1 heterocycles. The molecule has 2 N–H and O–H groups in total. The minimum absolute atomic E-state index is 0.0169. The minimum Gasteiger partial charge on any atom is -0.508 e. The van der Waals surface area contributed by atoms with Gasteiger partial charge in [-0.1, -0.05) is 24.3 Å². The zero-order valence-corrected chi connectivity index (χ0v) is 21.0. The van der Waals surface area contributed by atoms with E-state index in [-0.39, 0.29) is 34.7 Å². The van der Waals surface area contributed by atoms with Gasteiger partial charge in [0.05, 0.1) is 0 Å². The molecular formula is C29H31F2N3O3. The fraction of sp³-hybridized carbons (Fsp3) is 0.310. The number of halogens is 2. The van der Waals surface area contributed by atoms with Gasteiger partial charge in [-0.25, -0.2) is 8.78 Å². The lowest BCUT2D eigenvalue weighted by Crippen LogP contribution is -2.38. The standard InChI is InChI=1S/C29H31F2N3O3/c1-33(2)28-25(30)17-22(18-26(28)31)29(37)34-14-12-21(13-15-34)20-7-9-23(10-8-20)32-27(36)11-6-19-4-3-5-24(35)16-19/h3-5,7-10,16-18,21,35H,6,11-15H2,1-2H3,(H,32,36). The molecule has 0 aliphatic carbocycles. The first-order valence-corrected chi connectivity index (χ1v) is 12.3. The van der Waals surface area contributed by atoms with Crippen LogP contribution in [0.25, 0.3) is 0 Å². The van der Waals surface area contributed by atoms with Crippen LogP contribution in [0.4, 0.5) is 20.2 Å². The van der Waals surface area contributed by atoms with Crippen LogP contribution in [0.5, 0.6) is 5.75 Å². The van der Waals surface area contributed by atoms with Gasteiger partial charge < -0.3 is 20.2 Å². The van der Waals surface area contributed by atoms with E-state index in [9.17, 15) is 23.5 Å². The summed E-state index contributed by atoms with van der Waals surface area (Å²) in [5, 5.41) is 12.4. The number of piperidine rings is 1. The molecule has 1 aliphatic rings. The molecule has 37 heavy (non-hydrogen) atoms. The first-order valence-electron chi connectivity index (χ1n) is 12.3. The second-order valence-electron chi connectivity index (χ2n) is 9.59. The van der Waals surface area contributed by atoms with Crippen LogP contribution in [0.15, 0.2) is 60.7 Å². The number of amides is 2. The summed E-state index contributed by atoms with van der Waals surface area (Å²) < 4.78 is 28.7. The number of hydrogen-bond acceptors (Lipinski definition) is 4. The molecule has 0 aromatic heterocycles. The van der Waals surface area contributed by atoms with Gasteiger partial charge in [-0.3, -0.25) is 9.59 Å². The summed E-state index contributed by atoms with van der Waals surface area (Å²) in [6.45, 7) is 0.991. The Morgan fingerprint density at radius 3 is 2.24 bits per heavy atom. The molecule has 3 aromatic carbocycles. The number of nitrogens with one attached hydrogen (secondary N) is 1. The number of rotatable bonds is 7. The fourth-order valence-electron chi connectivity index (χ4n) is 4.75. The van der Waals surface area contributed by atoms with Crippen LogP contribution in [0, 0.1) is 11.6 Å². The van der Waals surface area contributed by atoms with Crippen molar-refractivity contribution in [1.29, 1.82) is 0 Å². The van der Waals surface area contributed by atoms with E-state index in [4.69, 9.17) is 0 Å². The van der Waals surface area contributed by atoms with E-state index >= 15 is 0 Å². The molecule has 0 bridgehead atoms. The van der Waals surface area contributed by atoms with Crippen molar-refractivity contribution in [1.82, 2.24) is 4.90 Å². The Kier molecular flexibility index (Phi) is 8.06. The van der Waals surface area contributed by atoms with Crippen LogP contribution in [0.1, 0.15) is 46.7 Å². The Bertz CT molecular complexity index is 1250. The van der Waals surface area contributed by atoms with Crippen molar-refractivity contribution in [2.45, 2.75) is 31.6 Å². The number of anilines is 2. The van der Waals surface area contributed by atoms with Gasteiger partial charge in [0.25, 0.3) is 5.91 Å². The Balaban J connectivity index is 1.29. The van der Waals surface area contributed by atoms with E-state index in [1.54, 1.807) is 37.2 Å². The van der Waals surface area contributed by atoms with Gasteiger partial charge in [-0.15, -0.1) is 0 Å². The maximum absolute atomic E-state index is 14.3. The third kappa shape index (κ3) is 6.44. The first kappa shape index (κ1) is 26.1. The molecule has 1 saturated heterocycles. The summed E-state index contributed by atoms with van der Waals surface area (Å²) in [6.07, 6.45) is 2.32. The van der Waals surface area contributed by atoms with Gasteiger partial charge >= 0.3 is 0 Å². The predicted molar refractivity (Wildman–Crippen MR) is 140 cm³/mol. The molecule has 8 heteroatoms. The number of aryl methyl sites for hydroxylation is 1. The third-order valence-corrected chi connectivity index (χ3v) is 6.71. The lowest BCUT2D eigenvalue weighted by Gasteiger charge is -2.32. The van der Waals surface area contributed by atoms with Crippen LogP contribution in [0.2, 0.25) is 0 Å². The van der Waals surface area contributed by atoms with Crippen LogP contribution in [0.3, 0.4) is 0 Å². The lowest BCUT2D eigenvalue weighted by molar-refractivity contribution is -0.116. The van der Waals surface area contributed by atoms with E-state index in [0.29, 0.717) is 31.6 Å². The second-order valence-corrected chi connectivity index (χ2v) is 9.59. The highest BCUT2D eigenvalue weighted by molar-refractivity contribution is 5.95. The number of phenols is 1. The smallest absolute Gasteiger partial charge is 0.254 e. The van der Waals surface area contributed by atoms with Gasteiger partial charge in [0.2, 0.25) is 5.91 Å². The van der Waals surface area contributed by atoms with Crippen molar-refractivity contribution in [2.24, 2.45) is 0 Å². The fourth-order valence-corrected chi connectivity index (χ4v) is 4.75. The van der Waals surface area contributed by atoms with E-state index < -0.39 is 11.6 Å². The molecule has 0 saturated carbocycles. The molecular weight excluding hydrogens is 476 g/mol. The molecule has 0 radical (unpaired) electrons. The van der Waals surface area contributed by atoms with Crippen molar-refractivity contribution in [3.63, 3.8) is 0 Å². The number of phenolic OH excluding ortho intramolecular Hbond substituents is 1. The topological polar surface area (TPSA) is 72.9 Å². The normalized spacial score (nSPS) is 13.9. The summed E-state index contributed by atoms with van der Waals surface area (Å²) in [4.78, 5) is 28.2. The largest absolute Gasteiger partial charge is 0.508 e. The highest BCUT2D eigenvalue weighted by Crippen LogP contribution is 2.30. The zero-order valence-electron chi connectivity index (χ0n) is 21.0. The number of carbonyl (C=O) groups excluding carboxylic acids is 2. The summed E-state index contributed by atoms with van der Waals surface area (Å²) in [7, 11) is 3.10. The van der Waals surface area contributed by atoms with Crippen molar-refractivity contribution in [3.05, 3.63) is 89.0 Å². The minimum atomic E-state index is -0.755. The summed E-state index contributed by atoms with van der Waals surface area (Å²) in [6, 6.07) is 16.8. The number of aromatic hydroxyl groups is 1. The summed E-state index contributed by atoms with van der Waals surface area (Å²) in [5.41, 5.74) is 2.59. The highest BCUT2D eigenvalue weighted by atomic mass is 19.1. The van der Waals surface area contributed by atoms with Gasteiger partial charge in [0, 0.05) is 44.9 Å². The van der Waals surface area contributed by atoms with Crippen LogP contribution in [-0.4, -0.2) is 49.0 Å². The molecule has 1 aliphatic heterocycles. The molecule has 194 valence electrons. The van der Waals surface area contributed by atoms with Crippen molar-refractivity contribution in [3.8, 4) is 5.75 Å². The predicted octanol–water partition coefficient (Wildman–Crippen LogP) is 5.33. The monoisotopic (exact) mass is 507 g/mol. The van der Waals surface area contributed by atoms with Crippen molar-refractivity contribution < 1.29 is 23.5 Å². The van der Waals surface area contributed by atoms with E-state index in [1.165, 1.54) is 4.90 Å². The Morgan fingerprint density at radius 1 is 1.00 bits per heavy atom. The quantitative estimate of drug-likeness (QED) is 0.454. The maximum atomic E-state index is 14.3. The second kappa shape index (κ2) is 11.4. The molecule has 0 unspecified atom stereocenters. The van der Waals surface area contributed by atoms with Crippen LogP contribution < -0.4 is 10.2 Å². The number of hydrogen-bond donors (Lipinski definition) is 2. The van der Waals surface area contributed by atoms with Crippen LogP contribution in [-0.2, 0) is 11.2 Å². The first-order chi connectivity index (χ1) is 17.7. The summed E-state index contributed by atoms with van der Waals surface area (Å²) in [5.74, 6) is -1.54. The molecule has 6 nitrogen and oxygen atoms in total. The van der Waals surface area contributed by atoms with Gasteiger partial charge in [0.1, 0.15) is 23.1 Å². The number of carbonyl (C=O) groups is 2. The number of benzene rings is 3. The Hall–Kier alpha value is -3.94. The molecule has 2 amide bonds. The average Bonchev–Trinajstić information content (AvgIpc) is 2.87. The molecule has 1 fully saturated rings. The third-order valence-electron chi connectivity index (χ3n) is 6.71. The molecule has 0 atom stereocenters. The van der Waals surface area contributed by atoms with E-state index in [0.717, 1.165) is 36.1 Å². The van der Waals surface area contributed by atoms with Gasteiger partial charge in [0.15, 0.2) is 0 Å². The van der Waals surface area contributed by atoms with Gasteiger partial charge in [-0.05, 0) is 72.7 Å². The lowest BCUT2D eigenvalue weighted by atomic mass is 9.89. The highest BCUT2D eigenvalue weighted by Gasteiger charge is 2.26. The maximum Gasteiger partial charge on any atom is 0.254 e. The molecule has 4 rings (SSSR count). The molecule has 0 spiro atoms. The van der Waals surface area contributed by atoms with E-state index in [2.05, 4.69) is 5.32 Å². The van der Waals surface area contributed by atoms with Crippen molar-refractivity contribution in [2.75, 3.05) is 37.4 Å². The SMILES string of the molecule is CN(C)c1c(F)cc(C(=O)N2CCC(c3ccc(NC(=O)CCc4cccc(O)c4)cc3)CC2)cc1F. The van der Waals surface area contributed by atoms with Crippen molar-refractivity contribution >= 4 is 23.2 Å². The van der Waals surface area contributed by atoms with Gasteiger partial charge in [-0.2, -0.15) is 0 Å². The Morgan fingerprint density at radius 2 is 1.65 bits per heavy atom. The zero-order chi connectivity index (χ0) is 26.5. The number of likely N-dealkylation sites (tertiary alicyclic amines) is 1. The average molecular weight is 508 g/mol. The van der Waals surface area contributed by atoms with E-state index in [1.807, 2.05) is 30.3 Å². The Labute approximate surface area is 215 Å². The molecule has 3 aromatic rings. The summed E-state index contributed by atoms with van der Waals surface area (Å²) >= 11 is 0.